The van der Waals surface area contributed by atoms with E-state index in [2.05, 4.69) is 15.3 Å². The van der Waals surface area contributed by atoms with E-state index in [1.165, 1.54) is 7.11 Å². The van der Waals surface area contributed by atoms with E-state index in [1.54, 1.807) is 29.2 Å². The summed E-state index contributed by atoms with van der Waals surface area (Å²) in [5, 5.41) is 3.21. The lowest BCUT2D eigenvalue weighted by Crippen LogP contribution is -2.42. The molecule has 1 saturated carbocycles. The van der Waals surface area contributed by atoms with Crippen molar-refractivity contribution in [1.29, 1.82) is 0 Å². The molecule has 3 aliphatic rings. The molecule has 0 atom stereocenters. The van der Waals surface area contributed by atoms with Crippen molar-refractivity contribution in [3.8, 4) is 5.75 Å². The highest BCUT2D eigenvalue weighted by Crippen LogP contribution is 2.40. The van der Waals surface area contributed by atoms with Crippen LogP contribution >= 0.6 is 0 Å². The average molecular weight is 454 g/mol. The van der Waals surface area contributed by atoms with Gasteiger partial charge in [-0.15, -0.1) is 0 Å². The first kappa shape index (κ1) is 21.5. The Labute approximate surface area is 189 Å². The molecule has 1 aromatic heterocycles. The molecule has 5 rings (SSSR count). The van der Waals surface area contributed by atoms with Crippen LogP contribution in [0.25, 0.3) is 0 Å². The topological polar surface area (TPSA) is 83.9 Å². The summed E-state index contributed by atoms with van der Waals surface area (Å²) in [5.41, 5.74) is 2.62. The number of fused-ring (bicyclic) bond motifs is 1. The summed E-state index contributed by atoms with van der Waals surface area (Å²) >= 11 is 0. The molecule has 3 heterocycles. The first-order valence-corrected chi connectivity index (χ1v) is 11.1. The van der Waals surface area contributed by atoms with E-state index < -0.39 is 6.43 Å². The summed E-state index contributed by atoms with van der Waals surface area (Å²) in [6.07, 6.45) is 0.234. The van der Waals surface area contributed by atoms with Gasteiger partial charge in [-0.25, -0.2) is 13.8 Å². The first-order chi connectivity index (χ1) is 15.9. The van der Waals surface area contributed by atoms with Gasteiger partial charge in [0, 0.05) is 37.4 Å². The molecule has 9 heteroatoms. The second-order valence-corrected chi connectivity index (χ2v) is 8.64. The van der Waals surface area contributed by atoms with Gasteiger partial charge in [0.25, 0.3) is 12.3 Å². The van der Waals surface area contributed by atoms with Crippen molar-refractivity contribution in [2.45, 2.75) is 38.5 Å². The number of alkyl halides is 2. The van der Waals surface area contributed by atoms with Gasteiger partial charge in [-0.3, -0.25) is 14.6 Å². The molecule has 33 heavy (non-hydrogen) atoms. The van der Waals surface area contributed by atoms with Crippen LogP contribution in [0.15, 0.2) is 29.3 Å². The number of hydrogen-bond donors (Lipinski definition) is 1. The van der Waals surface area contributed by atoms with Crippen LogP contribution < -0.4 is 10.1 Å². The molecule has 0 spiro atoms. The number of benzene rings is 1. The molecule has 1 saturated heterocycles. The Bertz CT molecular complexity index is 1160. The maximum atomic E-state index is 13.3. The number of nitrogens with zero attached hydrogens (tertiary/aromatic N) is 3. The Hall–Kier alpha value is -3.36. The Kier molecular flexibility index (Phi) is 5.55. The number of methoxy groups -OCH3 is 1. The number of Topliss-reactive ketones (excluding diaryl/α,β-unsaturated/α-hetero) is 1. The summed E-state index contributed by atoms with van der Waals surface area (Å²) in [6, 6.07) is 6.78. The van der Waals surface area contributed by atoms with E-state index in [1.807, 2.05) is 0 Å². The van der Waals surface area contributed by atoms with Gasteiger partial charge in [-0.2, -0.15) is 0 Å². The fourth-order valence-electron chi connectivity index (χ4n) is 4.07. The molecule has 2 fully saturated rings. The summed E-state index contributed by atoms with van der Waals surface area (Å²) in [7, 11) is 1.50. The zero-order valence-electron chi connectivity index (χ0n) is 18.2. The van der Waals surface area contributed by atoms with Crippen LogP contribution in [0.5, 0.6) is 5.75 Å². The van der Waals surface area contributed by atoms with E-state index in [4.69, 9.17) is 4.74 Å². The lowest BCUT2D eigenvalue weighted by atomic mass is 10.1. The van der Waals surface area contributed by atoms with Crippen molar-refractivity contribution in [3.05, 3.63) is 41.2 Å². The van der Waals surface area contributed by atoms with Crippen molar-refractivity contribution in [1.82, 2.24) is 9.88 Å². The van der Waals surface area contributed by atoms with Gasteiger partial charge in [0.1, 0.15) is 17.2 Å². The Balaban J connectivity index is 1.46. The molecule has 2 aliphatic heterocycles. The SMILES string of the molecule is COc1cc(C(=O)N2CCC2)ccc1Nc1cc(CC(=O)C2CC2)nc2c1N=C(C(F)F)C2. The fourth-order valence-corrected chi connectivity index (χ4v) is 4.07. The number of halogens is 2. The number of anilines is 2. The van der Waals surface area contributed by atoms with Crippen LogP contribution in [0.4, 0.5) is 25.8 Å². The van der Waals surface area contributed by atoms with Crippen LogP contribution in [-0.2, 0) is 17.6 Å². The molecule has 2 aromatic rings. The lowest BCUT2D eigenvalue weighted by molar-refractivity contribution is -0.119. The van der Waals surface area contributed by atoms with Crippen LogP contribution in [0.2, 0.25) is 0 Å². The van der Waals surface area contributed by atoms with Crippen LogP contribution in [0, 0.1) is 5.92 Å². The normalized spacial score (nSPS) is 16.8. The van der Waals surface area contributed by atoms with Gasteiger partial charge < -0.3 is 15.0 Å². The zero-order chi connectivity index (χ0) is 23.1. The Morgan fingerprint density at radius 2 is 2.00 bits per heavy atom. The van der Waals surface area contributed by atoms with Gasteiger partial charge in [0.2, 0.25) is 0 Å². The van der Waals surface area contributed by atoms with E-state index in [9.17, 15) is 18.4 Å². The molecule has 0 radical (unpaired) electrons. The summed E-state index contributed by atoms with van der Waals surface area (Å²) < 4.78 is 32.2. The third kappa shape index (κ3) is 4.31. The van der Waals surface area contributed by atoms with Gasteiger partial charge in [-0.1, -0.05) is 0 Å². The smallest absolute Gasteiger partial charge is 0.277 e. The number of hydrogen-bond acceptors (Lipinski definition) is 6. The lowest BCUT2D eigenvalue weighted by Gasteiger charge is -2.31. The maximum Gasteiger partial charge on any atom is 0.277 e. The molecule has 1 aromatic carbocycles. The quantitative estimate of drug-likeness (QED) is 0.650. The largest absolute Gasteiger partial charge is 0.495 e. The van der Waals surface area contributed by atoms with E-state index in [0.29, 0.717) is 39.8 Å². The second kappa shape index (κ2) is 8.53. The monoisotopic (exact) mass is 454 g/mol. The molecule has 1 aliphatic carbocycles. The van der Waals surface area contributed by atoms with Crippen molar-refractivity contribution in [3.63, 3.8) is 0 Å². The number of rotatable bonds is 8. The molecule has 172 valence electrons. The fraction of sp³-hybridized carbons (Fsp3) is 0.417. The van der Waals surface area contributed by atoms with Crippen LogP contribution in [0.3, 0.4) is 0 Å². The highest BCUT2D eigenvalue weighted by molar-refractivity contribution is 5.99. The Morgan fingerprint density at radius 1 is 1.21 bits per heavy atom. The van der Waals surface area contributed by atoms with Crippen molar-refractivity contribution in [2.75, 3.05) is 25.5 Å². The number of aliphatic imine (C=N–C) groups is 1. The number of nitrogens with one attached hydrogen (secondary N) is 1. The Morgan fingerprint density at radius 3 is 2.64 bits per heavy atom. The van der Waals surface area contributed by atoms with Crippen LogP contribution in [-0.4, -0.2) is 53.9 Å². The minimum Gasteiger partial charge on any atom is -0.495 e. The van der Waals surface area contributed by atoms with Gasteiger partial charge in [0.05, 0.1) is 35.6 Å². The van der Waals surface area contributed by atoms with E-state index in [0.717, 1.165) is 32.4 Å². The molecule has 0 unspecified atom stereocenters. The van der Waals surface area contributed by atoms with Gasteiger partial charge >= 0.3 is 0 Å². The van der Waals surface area contributed by atoms with E-state index in [-0.39, 0.29) is 36.2 Å². The highest BCUT2D eigenvalue weighted by atomic mass is 19.3. The zero-order valence-corrected chi connectivity index (χ0v) is 18.2. The average Bonchev–Trinajstić information content (AvgIpc) is 3.51. The van der Waals surface area contributed by atoms with Gasteiger partial charge in [-0.05, 0) is 43.5 Å². The molecular formula is C24H24F2N4O3. The number of ether oxygens (including phenoxy) is 1. The maximum absolute atomic E-state index is 13.3. The number of likely N-dealkylation sites (tertiary alicyclic amines) is 1. The third-order valence-electron chi connectivity index (χ3n) is 6.22. The van der Waals surface area contributed by atoms with Crippen molar-refractivity contribution < 1.29 is 23.1 Å². The number of amides is 1. The van der Waals surface area contributed by atoms with Crippen LogP contribution in [0.1, 0.15) is 41.0 Å². The number of pyridine rings is 1. The molecule has 0 bridgehead atoms. The van der Waals surface area contributed by atoms with Gasteiger partial charge in [0.15, 0.2) is 0 Å². The predicted octanol–water partition coefficient (Wildman–Crippen LogP) is 4.10. The van der Waals surface area contributed by atoms with E-state index >= 15 is 0 Å². The summed E-state index contributed by atoms with van der Waals surface area (Å²) in [4.78, 5) is 35.2. The second-order valence-electron chi connectivity index (χ2n) is 8.64. The minimum absolute atomic E-state index is 0.0481. The standard InChI is InChI=1S/C24H24F2N4O3/c1-33-21-9-14(24(32)30-7-2-8-30)5-6-16(21)28-17-10-15(11-20(31)13-3-4-13)27-18-12-19(23(25)26)29-22(17)18/h5-6,9-10,13,23H,2-4,7-8,11-12H2,1H3,(H,27,28). The van der Waals surface area contributed by atoms with Crippen molar-refractivity contribution in [2.24, 2.45) is 10.9 Å². The number of aromatic nitrogens is 1. The third-order valence-corrected chi connectivity index (χ3v) is 6.22. The predicted molar refractivity (Wildman–Crippen MR) is 119 cm³/mol. The number of carbonyl (C=O) groups excluding carboxylic acids is 2. The number of ketones is 1. The molecule has 1 amide bonds. The summed E-state index contributed by atoms with van der Waals surface area (Å²) in [6.45, 7) is 1.49. The highest BCUT2D eigenvalue weighted by Gasteiger charge is 2.31. The molecule has 1 N–H and O–H groups in total. The minimum atomic E-state index is -2.68. The van der Waals surface area contributed by atoms with Crippen molar-refractivity contribution >= 4 is 34.5 Å². The first-order valence-electron chi connectivity index (χ1n) is 11.1. The summed E-state index contributed by atoms with van der Waals surface area (Å²) in [5.74, 6) is 0.593. The molecule has 7 nitrogen and oxygen atoms in total. The number of carbonyl (C=O) groups is 2. The molecular weight excluding hydrogens is 430 g/mol.